The molecule has 3 rings (SSSR count). The fourth-order valence-electron chi connectivity index (χ4n) is 2.20. The second kappa shape index (κ2) is 7.80. The Labute approximate surface area is 160 Å². The number of carbonyl (C=O) groups excluding carboxylic acids is 1. The molecular weight excluding hydrogens is 388 g/mol. The quantitative estimate of drug-likeness (QED) is 0.630. The number of aromatic nitrogens is 3. The van der Waals surface area contributed by atoms with Crippen LogP contribution in [0.25, 0.3) is 0 Å². The molecular formula is C17H16N4O4S2. The first-order valence-corrected chi connectivity index (χ1v) is 10.0. The highest BCUT2D eigenvalue weighted by atomic mass is 32.2. The fourth-order valence-corrected chi connectivity index (χ4v) is 4.19. The van der Waals surface area contributed by atoms with E-state index < -0.39 is 16.0 Å². The van der Waals surface area contributed by atoms with Crippen molar-refractivity contribution in [3.05, 3.63) is 60.4 Å². The molecule has 10 heteroatoms. The number of anilines is 1. The van der Waals surface area contributed by atoms with Gasteiger partial charge < -0.3 is 9.30 Å². The molecule has 140 valence electrons. The number of nitrogens with one attached hydrogen (secondary N) is 1. The highest BCUT2D eigenvalue weighted by Crippen LogP contribution is 2.33. The lowest BCUT2D eigenvalue weighted by atomic mass is 10.2. The van der Waals surface area contributed by atoms with E-state index in [4.69, 9.17) is 0 Å². The number of aryl methyl sites for hydroxylation is 1. The first kappa shape index (κ1) is 18.9. The first-order valence-electron chi connectivity index (χ1n) is 7.73. The maximum absolute atomic E-state index is 12.7. The molecule has 8 nitrogen and oxygen atoms in total. The predicted molar refractivity (Wildman–Crippen MR) is 100 cm³/mol. The van der Waals surface area contributed by atoms with E-state index in [0.717, 1.165) is 0 Å². The molecule has 1 aromatic heterocycles. The number of esters is 1. The Morgan fingerprint density at radius 3 is 2.48 bits per heavy atom. The van der Waals surface area contributed by atoms with E-state index in [0.29, 0.717) is 15.7 Å². The molecule has 0 amide bonds. The number of nitrogens with zero attached hydrogens (tertiary/aromatic N) is 3. The summed E-state index contributed by atoms with van der Waals surface area (Å²) in [6.07, 6.45) is 1.57. The van der Waals surface area contributed by atoms with Crippen molar-refractivity contribution in [2.24, 2.45) is 7.05 Å². The van der Waals surface area contributed by atoms with Crippen molar-refractivity contribution < 1.29 is 17.9 Å². The number of hydrogen-bond acceptors (Lipinski definition) is 7. The number of ether oxygens (including phenoxy) is 1. The largest absolute Gasteiger partial charge is 0.465 e. The van der Waals surface area contributed by atoms with Crippen LogP contribution in [0.3, 0.4) is 0 Å². The minimum absolute atomic E-state index is 0.0358. The summed E-state index contributed by atoms with van der Waals surface area (Å²) >= 11 is 1.29. The molecule has 1 N–H and O–H groups in total. The van der Waals surface area contributed by atoms with Gasteiger partial charge in [-0.2, -0.15) is 0 Å². The van der Waals surface area contributed by atoms with Crippen LogP contribution in [0.15, 0.2) is 69.8 Å². The average Bonchev–Trinajstić information content (AvgIpc) is 3.07. The van der Waals surface area contributed by atoms with Gasteiger partial charge in [0.05, 0.1) is 23.3 Å². The van der Waals surface area contributed by atoms with Crippen molar-refractivity contribution in [1.82, 2.24) is 14.8 Å². The van der Waals surface area contributed by atoms with Gasteiger partial charge in [-0.1, -0.05) is 12.1 Å². The Bertz CT molecular complexity index is 1060. The van der Waals surface area contributed by atoms with Gasteiger partial charge in [-0.05, 0) is 48.2 Å². The van der Waals surface area contributed by atoms with E-state index in [1.807, 2.05) is 6.07 Å². The van der Waals surface area contributed by atoms with E-state index in [-0.39, 0.29) is 10.5 Å². The monoisotopic (exact) mass is 404 g/mol. The summed E-state index contributed by atoms with van der Waals surface area (Å²) in [4.78, 5) is 12.2. The third kappa shape index (κ3) is 4.29. The number of rotatable bonds is 6. The van der Waals surface area contributed by atoms with Gasteiger partial charge in [-0.25, -0.2) is 13.2 Å². The second-order valence-electron chi connectivity index (χ2n) is 5.44. The molecule has 0 aliphatic heterocycles. The number of methoxy groups -OCH3 is 1. The Morgan fingerprint density at radius 2 is 1.85 bits per heavy atom. The summed E-state index contributed by atoms with van der Waals surface area (Å²) in [6, 6.07) is 12.5. The molecule has 27 heavy (non-hydrogen) atoms. The minimum Gasteiger partial charge on any atom is -0.465 e. The van der Waals surface area contributed by atoms with E-state index in [2.05, 4.69) is 19.7 Å². The summed E-state index contributed by atoms with van der Waals surface area (Å²) in [5, 5.41) is 8.44. The van der Waals surface area contributed by atoms with Crippen molar-refractivity contribution >= 4 is 33.4 Å². The first-order chi connectivity index (χ1) is 12.9. The van der Waals surface area contributed by atoms with E-state index >= 15 is 0 Å². The summed E-state index contributed by atoms with van der Waals surface area (Å²) in [7, 11) is -0.765. The summed E-state index contributed by atoms with van der Waals surface area (Å²) in [5.74, 6) is -0.530. The average molecular weight is 404 g/mol. The third-order valence-electron chi connectivity index (χ3n) is 3.59. The zero-order chi connectivity index (χ0) is 19.4. The molecule has 1 heterocycles. The van der Waals surface area contributed by atoms with Gasteiger partial charge in [0.25, 0.3) is 10.0 Å². The van der Waals surface area contributed by atoms with Gasteiger partial charge in [0.1, 0.15) is 6.33 Å². The van der Waals surface area contributed by atoms with E-state index in [9.17, 15) is 13.2 Å². The maximum atomic E-state index is 12.7. The molecule has 3 aromatic rings. The summed E-state index contributed by atoms with van der Waals surface area (Å²) in [5.41, 5.74) is 0.692. The van der Waals surface area contributed by atoms with Gasteiger partial charge in [0, 0.05) is 11.9 Å². The number of para-hydroxylation sites is 1. The van der Waals surface area contributed by atoms with Gasteiger partial charge in [-0.3, -0.25) is 4.72 Å². The number of sulfonamides is 1. The van der Waals surface area contributed by atoms with Crippen LogP contribution in [0.4, 0.5) is 5.69 Å². The lowest BCUT2D eigenvalue weighted by molar-refractivity contribution is 0.0600. The molecule has 0 aliphatic carbocycles. The summed E-state index contributed by atoms with van der Waals surface area (Å²) < 4.78 is 34.3. The number of hydrogen-bond donors (Lipinski definition) is 1. The summed E-state index contributed by atoms with van der Waals surface area (Å²) in [6.45, 7) is 0. The lowest BCUT2D eigenvalue weighted by Crippen LogP contribution is -2.14. The maximum Gasteiger partial charge on any atom is 0.337 e. The minimum atomic E-state index is -3.83. The van der Waals surface area contributed by atoms with Crippen LogP contribution < -0.4 is 4.72 Å². The van der Waals surface area contributed by atoms with Gasteiger partial charge >= 0.3 is 5.97 Å². The zero-order valence-corrected chi connectivity index (χ0v) is 16.1. The molecule has 0 radical (unpaired) electrons. The van der Waals surface area contributed by atoms with Crippen molar-refractivity contribution in [1.29, 1.82) is 0 Å². The molecule has 0 saturated carbocycles. The molecule has 0 spiro atoms. The Morgan fingerprint density at radius 1 is 1.15 bits per heavy atom. The zero-order valence-electron chi connectivity index (χ0n) is 14.5. The van der Waals surface area contributed by atoms with Crippen LogP contribution in [0.1, 0.15) is 10.4 Å². The van der Waals surface area contributed by atoms with Crippen LogP contribution in [0.2, 0.25) is 0 Å². The molecule has 0 fully saturated rings. The standard InChI is InChI=1S/C17H16N4O4S2/c1-21-11-18-19-17(21)26-15-6-4-3-5-14(15)20-27(23,24)13-9-7-12(8-10-13)16(22)25-2/h3-11,20H,1-2H3. The Hall–Kier alpha value is -2.85. The van der Waals surface area contributed by atoms with Crippen LogP contribution >= 0.6 is 11.8 Å². The van der Waals surface area contributed by atoms with Crippen molar-refractivity contribution in [2.45, 2.75) is 14.9 Å². The lowest BCUT2D eigenvalue weighted by Gasteiger charge is -2.12. The third-order valence-corrected chi connectivity index (χ3v) is 6.10. The van der Waals surface area contributed by atoms with Crippen LogP contribution in [-0.4, -0.2) is 36.3 Å². The highest BCUT2D eigenvalue weighted by molar-refractivity contribution is 7.99. The molecule has 0 atom stereocenters. The SMILES string of the molecule is COC(=O)c1ccc(S(=O)(=O)Nc2ccccc2Sc2nncn2C)cc1. The second-order valence-corrected chi connectivity index (χ2v) is 8.14. The van der Waals surface area contributed by atoms with Crippen molar-refractivity contribution in [3.63, 3.8) is 0 Å². The van der Waals surface area contributed by atoms with Crippen LogP contribution in [0, 0.1) is 0 Å². The van der Waals surface area contributed by atoms with E-state index in [1.54, 1.807) is 36.1 Å². The Balaban J connectivity index is 1.86. The van der Waals surface area contributed by atoms with Gasteiger partial charge in [-0.15, -0.1) is 10.2 Å². The Kier molecular flexibility index (Phi) is 5.47. The molecule has 0 bridgehead atoms. The number of carbonyl (C=O) groups is 1. The van der Waals surface area contributed by atoms with Crippen molar-refractivity contribution in [2.75, 3.05) is 11.8 Å². The normalized spacial score (nSPS) is 11.2. The van der Waals surface area contributed by atoms with Gasteiger partial charge in [0.15, 0.2) is 5.16 Å². The van der Waals surface area contributed by atoms with Crippen molar-refractivity contribution in [3.8, 4) is 0 Å². The van der Waals surface area contributed by atoms with Crippen LogP contribution in [0.5, 0.6) is 0 Å². The highest BCUT2D eigenvalue weighted by Gasteiger charge is 2.18. The van der Waals surface area contributed by atoms with E-state index in [1.165, 1.54) is 43.1 Å². The molecule has 0 saturated heterocycles. The number of benzene rings is 2. The molecule has 2 aromatic carbocycles. The molecule has 0 unspecified atom stereocenters. The van der Waals surface area contributed by atoms with Crippen LogP contribution in [-0.2, 0) is 21.8 Å². The smallest absolute Gasteiger partial charge is 0.337 e. The predicted octanol–water partition coefficient (Wildman–Crippen LogP) is 2.55. The van der Waals surface area contributed by atoms with Gasteiger partial charge in [0.2, 0.25) is 0 Å². The topological polar surface area (TPSA) is 103 Å². The fraction of sp³-hybridized carbons (Fsp3) is 0.118. The molecule has 0 aliphatic rings.